The second kappa shape index (κ2) is 6.91. The fourth-order valence-electron chi connectivity index (χ4n) is 2.85. The van der Waals surface area contributed by atoms with Crippen molar-refractivity contribution >= 4 is 6.29 Å². The number of hydrogen-bond acceptors (Lipinski definition) is 3. The van der Waals surface area contributed by atoms with Crippen molar-refractivity contribution in [2.45, 2.75) is 59.0 Å². The lowest BCUT2D eigenvalue weighted by atomic mass is 9.77. The van der Waals surface area contributed by atoms with Gasteiger partial charge in [-0.2, -0.15) is 0 Å². The number of rotatable bonds is 4. The summed E-state index contributed by atoms with van der Waals surface area (Å²) in [6, 6.07) is 11.7. The number of carbonyl (C=O) groups is 1. The Morgan fingerprint density at radius 2 is 1.52 bits per heavy atom. The van der Waals surface area contributed by atoms with Gasteiger partial charge in [-0.3, -0.25) is 4.79 Å². The van der Waals surface area contributed by atoms with Crippen molar-refractivity contribution in [3.8, 4) is 11.5 Å². The van der Waals surface area contributed by atoms with Crippen LogP contribution in [-0.4, -0.2) is 11.4 Å². The molecule has 3 heteroatoms. The summed E-state index contributed by atoms with van der Waals surface area (Å²) in [4.78, 5) is 11.8. The number of aldehydes is 1. The molecule has 0 atom stereocenters. The van der Waals surface area contributed by atoms with Crippen LogP contribution in [0.3, 0.4) is 0 Å². The van der Waals surface area contributed by atoms with Crippen LogP contribution in [0.1, 0.15) is 68.6 Å². The van der Waals surface area contributed by atoms with Crippen LogP contribution >= 0.6 is 0 Å². The van der Waals surface area contributed by atoms with Gasteiger partial charge in [0.25, 0.3) is 0 Å². The van der Waals surface area contributed by atoms with E-state index in [0.717, 1.165) is 23.0 Å². The molecule has 0 aliphatic heterocycles. The second-order valence-corrected chi connectivity index (χ2v) is 8.46. The molecule has 1 N–H and O–H groups in total. The predicted molar refractivity (Wildman–Crippen MR) is 102 cm³/mol. The third-order valence-electron chi connectivity index (χ3n) is 4.25. The van der Waals surface area contributed by atoms with Gasteiger partial charge in [-0.1, -0.05) is 77.9 Å². The highest BCUT2D eigenvalue weighted by Gasteiger charge is 2.29. The normalized spacial score (nSPS) is 12.1. The van der Waals surface area contributed by atoms with Gasteiger partial charge in [-0.05, 0) is 22.0 Å². The topological polar surface area (TPSA) is 46.5 Å². The van der Waals surface area contributed by atoms with Crippen molar-refractivity contribution in [1.29, 1.82) is 0 Å². The molecule has 0 spiro atoms. The molecule has 134 valence electrons. The highest BCUT2D eigenvalue weighted by Crippen LogP contribution is 2.44. The maximum absolute atomic E-state index is 11.8. The van der Waals surface area contributed by atoms with Crippen LogP contribution in [0, 0.1) is 0 Å². The van der Waals surface area contributed by atoms with E-state index < -0.39 is 0 Å². The SMILES string of the molecule is CC(C)(C)c1cc(C(C)(C)C)c(C=O)c(OCc2ccccc2)c1O. The van der Waals surface area contributed by atoms with E-state index in [1.807, 2.05) is 57.2 Å². The number of ether oxygens (including phenoxy) is 1. The minimum Gasteiger partial charge on any atom is -0.504 e. The molecule has 0 bridgehead atoms. The number of phenolic OH excluding ortho intramolecular Hbond substituents is 1. The van der Waals surface area contributed by atoms with Crippen molar-refractivity contribution in [1.82, 2.24) is 0 Å². The minimum atomic E-state index is -0.268. The molecule has 2 aromatic rings. The number of carbonyl (C=O) groups excluding carboxylic acids is 1. The van der Waals surface area contributed by atoms with Gasteiger partial charge in [-0.25, -0.2) is 0 Å². The maximum atomic E-state index is 11.8. The summed E-state index contributed by atoms with van der Waals surface area (Å²) in [5.74, 6) is 0.328. The zero-order valence-corrected chi connectivity index (χ0v) is 16.0. The van der Waals surface area contributed by atoms with Crippen LogP contribution in [-0.2, 0) is 17.4 Å². The summed E-state index contributed by atoms with van der Waals surface area (Å²) in [6.07, 6.45) is 0.785. The largest absolute Gasteiger partial charge is 0.504 e. The molecular formula is C22H28O3. The molecule has 0 heterocycles. The van der Waals surface area contributed by atoms with Gasteiger partial charge in [-0.15, -0.1) is 0 Å². The lowest BCUT2D eigenvalue weighted by Gasteiger charge is -2.29. The first-order valence-corrected chi connectivity index (χ1v) is 8.58. The average Bonchev–Trinajstić information content (AvgIpc) is 2.51. The Balaban J connectivity index is 2.60. The minimum absolute atomic E-state index is 0.0542. The fourth-order valence-corrected chi connectivity index (χ4v) is 2.85. The molecule has 3 nitrogen and oxygen atoms in total. The van der Waals surface area contributed by atoms with E-state index >= 15 is 0 Å². The lowest BCUT2D eigenvalue weighted by molar-refractivity contribution is 0.111. The molecule has 0 amide bonds. The molecule has 0 aliphatic rings. The number of hydrogen-bond donors (Lipinski definition) is 1. The van der Waals surface area contributed by atoms with Crippen LogP contribution in [0.25, 0.3) is 0 Å². The van der Waals surface area contributed by atoms with E-state index in [1.165, 1.54) is 0 Å². The van der Waals surface area contributed by atoms with Gasteiger partial charge in [0, 0.05) is 5.56 Å². The monoisotopic (exact) mass is 340 g/mol. The Labute approximate surface area is 150 Å². The first-order valence-electron chi connectivity index (χ1n) is 8.58. The quantitative estimate of drug-likeness (QED) is 0.760. The van der Waals surface area contributed by atoms with Crippen LogP contribution in [0.4, 0.5) is 0 Å². The molecule has 0 saturated carbocycles. The molecular weight excluding hydrogens is 312 g/mol. The Morgan fingerprint density at radius 1 is 0.960 bits per heavy atom. The smallest absolute Gasteiger partial charge is 0.172 e. The van der Waals surface area contributed by atoms with Gasteiger partial charge >= 0.3 is 0 Å². The standard InChI is InChI=1S/C22H28O3/c1-21(2,3)17-12-18(22(4,5)6)19(24)20(16(17)13-23)25-14-15-10-8-7-9-11-15/h7-13,24H,14H2,1-6H3. The summed E-state index contributed by atoms with van der Waals surface area (Å²) >= 11 is 0. The van der Waals surface area contributed by atoms with Gasteiger partial charge < -0.3 is 9.84 Å². The zero-order valence-electron chi connectivity index (χ0n) is 16.0. The average molecular weight is 340 g/mol. The third kappa shape index (κ3) is 4.22. The molecule has 0 fully saturated rings. The zero-order chi connectivity index (χ0) is 18.8. The Hall–Kier alpha value is -2.29. The van der Waals surface area contributed by atoms with Crippen molar-refractivity contribution in [3.63, 3.8) is 0 Å². The molecule has 2 rings (SSSR count). The Kier molecular flexibility index (Phi) is 5.26. The summed E-state index contributed by atoms with van der Waals surface area (Å²) in [5.41, 5.74) is 2.57. The summed E-state index contributed by atoms with van der Waals surface area (Å²) < 4.78 is 5.94. The van der Waals surface area contributed by atoms with Crippen molar-refractivity contribution in [3.05, 3.63) is 58.7 Å². The maximum Gasteiger partial charge on any atom is 0.172 e. The van der Waals surface area contributed by atoms with E-state index in [4.69, 9.17) is 4.74 Å². The lowest BCUT2D eigenvalue weighted by Crippen LogP contribution is -2.20. The summed E-state index contributed by atoms with van der Waals surface area (Å²) in [6.45, 7) is 12.6. The van der Waals surface area contributed by atoms with Crippen LogP contribution in [0.5, 0.6) is 11.5 Å². The van der Waals surface area contributed by atoms with E-state index in [0.29, 0.717) is 12.2 Å². The van der Waals surface area contributed by atoms with Crippen molar-refractivity contribution in [2.75, 3.05) is 0 Å². The molecule has 0 saturated heterocycles. The first kappa shape index (κ1) is 19.0. The summed E-state index contributed by atoms with van der Waals surface area (Å²) in [7, 11) is 0. The fraction of sp³-hybridized carbons (Fsp3) is 0.409. The van der Waals surface area contributed by atoms with E-state index in [1.54, 1.807) is 0 Å². The Bertz CT molecular complexity index is 748. The highest BCUT2D eigenvalue weighted by atomic mass is 16.5. The van der Waals surface area contributed by atoms with Crippen LogP contribution in [0.15, 0.2) is 36.4 Å². The van der Waals surface area contributed by atoms with Gasteiger partial charge in [0.2, 0.25) is 0 Å². The van der Waals surface area contributed by atoms with E-state index in [2.05, 4.69) is 20.8 Å². The van der Waals surface area contributed by atoms with Gasteiger partial charge in [0.1, 0.15) is 6.61 Å². The second-order valence-electron chi connectivity index (χ2n) is 8.46. The van der Waals surface area contributed by atoms with Gasteiger partial charge in [0.05, 0.1) is 5.56 Å². The van der Waals surface area contributed by atoms with E-state index in [-0.39, 0.29) is 22.3 Å². The number of phenols is 1. The third-order valence-corrected chi connectivity index (χ3v) is 4.25. The van der Waals surface area contributed by atoms with E-state index in [9.17, 15) is 9.90 Å². The van der Waals surface area contributed by atoms with Crippen molar-refractivity contribution in [2.24, 2.45) is 0 Å². The molecule has 0 unspecified atom stereocenters. The first-order chi connectivity index (χ1) is 11.6. The summed E-state index contributed by atoms with van der Waals surface area (Å²) in [5, 5.41) is 10.8. The molecule has 0 aromatic heterocycles. The van der Waals surface area contributed by atoms with Crippen LogP contribution in [0.2, 0.25) is 0 Å². The highest BCUT2D eigenvalue weighted by molar-refractivity contribution is 5.85. The number of aromatic hydroxyl groups is 1. The number of benzene rings is 2. The Morgan fingerprint density at radius 3 is 2.00 bits per heavy atom. The van der Waals surface area contributed by atoms with Crippen LogP contribution < -0.4 is 4.74 Å². The molecule has 25 heavy (non-hydrogen) atoms. The predicted octanol–water partition coefficient (Wildman–Crippen LogP) is 5.38. The van der Waals surface area contributed by atoms with Crippen molar-refractivity contribution < 1.29 is 14.6 Å². The molecule has 2 aromatic carbocycles. The molecule has 0 radical (unpaired) electrons. The van der Waals surface area contributed by atoms with Gasteiger partial charge in [0.15, 0.2) is 17.8 Å². The molecule has 0 aliphatic carbocycles.